The van der Waals surface area contributed by atoms with Gasteiger partial charge in [0.15, 0.2) is 5.13 Å². The van der Waals surface area contributed by atoms with Gasteiger partial charge >= 0.3 is 5.97 Å². The van der Waals surface area contributed by atoms with Gasteiger partial charge in [-0.2, -0.15) is 0 Å². The maximum Gasteiger partial charge on any atom is 0.309 e. The molecule has 0 aliphatic carbocycles. The van der Waals surface area contributed by atoms with Crippen LogP contribution in [0.1, 0.15) is 16.8 Å². The predicted octanol–water partition coefficient (Wildman–Crippen LogP) is 2.23. The van der Waals surface area contributed by atoms with Gasteiger partial charge in [-0.3, -0.25) is 4.79 Å². The third kappa shape index (κ3) is 4.06. The third-order valence-electron chi connectivity index (χ3n) is 2.84. The Bertz CT molecular complexity index is 549. The van der Waals surface area contributed by atoms with Crippen molar-refractivity contribution in [3.8, 4) is 0 Å². The van der Waals surface area contributed by atoms with Crippen molar-refractivity contribution in [2.24, 2.45) is 0 Å². The van der Waals surface area contributed by atoms with Crippen LogP contribution in [0, 0.1) is 0 Å². The standard InChI is InChI=1S/C14H16N2O2S/c1-18-13(17)8-11-4-2-10(3-5-11)6-7-12-9-19-14(15)16-12/h2-5,9H,6-8H2,1H3,(H2,15,16). The normalized spacial score (nSPS) is 10.4. The minimum Gasteiger partial charge on any atom is -0.469 e. The number of benzene rings is 1. The first-order valence-corrected chi connectivity index (χ1v) is 6.90. The quantitative estimate of drug-likeness (QED) is 0.850. The van der Waals surface area contributed by atoms with E-state index in [1.807, 2.05) is 29.6 Å². The van der Waals surface area contributed by atoms with E-state index in [4.69, 9.17) is 5.73 Å². The third-order valence-corrected chi connectivity index (χ3v) is 3.56. The molecule has 0 spiro atoms. The molecule has 5 heteroatoms. The molecular formula is C14H16N2O2S. The summed E-state index contributed by atoms with van der Waals surface area (Å²) in [5.41, 5.74) is 8.81. The lowest BCUT2D eigenvalue weighted by molar-refractivity contribution is -0.139. The van der Waals surface area contributed by atoms with E-state index < -0.39 is 0 Å². The molecule has 1 aromatic carbocycles. The minimum absolute atomic E-state index is 0.217. The molecule has 1 aromatic heterocycles. The summed E-state index contributed by atoms with van der Waals surface area (Å²) in [7, 11) is 1.40. The predicted molar refractivity (Wildman–Crippen MR) is 76.1 cm³/mol. The Morgan fingerprint density at radius 1 is 1.26 bits per heavy atom. The average molecular weight is 276 g/mol. The Hall–Kier alpha value is -1.88. The van der Waals surface area contributed by atoms with E-state index in [1.165, 1.54) is 24.0 Å². The van der Waals surface area contributed by atoms with Gasteiger partial charge in [0.05, 0.1) is 19.2 Å². The van der Waals surface area contributed by atoms with E-state index in [-0.39, 0.29) is 5.97 Å². The van der Waals surface area contributed by atoms with Crippen molar-refractivity contribution in [1.82, 2.24) is 4.98 Å². The lowest BCUT2D eigenvalue weighted by Crippen LogP contribution is -2.04. The topological polar surface area (TPSA) is 65.2 Å². The van der Waals surface area contributed by atoms with Gasteiger partial charge in [0, 0.05) is 5.38 Å². The minimum atomic E-state index is -0.217. The number of hydrogen-bond donors (Lipinski definition) is 1. The number of carbonyl (C=O) groups excluding carboxylic acids is 1. The number of nitrogen functional groups attached to an aromatic ring is 1. The van der Waals surface area contributed by atoms with E-state index in [0.717, 1.165) is 24.1 Å². The molecular weight excluding hydrogens is 260 g/mol. The van der Waals surface area contributed by atoms with Crippen LogP contribution in [0.5, 0.6) is 0 Å². The Labute approximate surface area is 116 Å². The molecule has 0 aliphatic heterocycles. The lowest BCUT2D eigenvalue weighted by Gasteiger charge is -2.03. The number of rotatable bonds is 5. The van der Waals surface area contributed by atoms with Crippen LogP contribution in [0.15, 0.2) is 29.6 Å². The molecule has 0 fully saturated rings. The molecule has 100 valence electrons. The van der Waals surface area contributed by atoms with E-state index in [2.05, 4.69) is 9.72 Å². The van der Waals surface area contributed by atoms with Crippen molar-refractivity contribution in [1.29, 1.82) is 0 Å². The molecule has 0 amide bonds. The average Bonchev–Trinajstić information content (AvgIpc) is 2.83. The summed E-state index contributed by atoms with van der Waals surface area (Å²) in [6.07, 6.45) is 2.12. The Morgan fingerprint density at radius 3 is 2.53 bits per heavy atom. The molecule has 0 saturated carbocycles. The highest BCUT2D eigenvalue weighted by molar-refractivity contribution is 7.13. The summed E-state index contributed by atoms with van der Waals surface area (Å²) in [5.74, 6) is -0.217. The number of hydrogen-bond acceptors (Lipinski definition) is 5. The van der Waals surface area contributed by atoms with Crippen molar-refractivity contribution in [3.63, 3.8) is 0 Å². The zero-order valence-electron chi connectivity index (χ0n) is 10.8. The summed E-state index contributed by atoms with van der Waals surface area (Å²) >= 11 is 1.47. The van der Waals surface area contributed by atoms with Crippen LogP contribution >= 0.6 is 11.3 Å². The van der Waals surface area contributed by atoms with Crippen LogP contribution in [0.4, 0.5) is 5.13 Å². The van der Waals surface area contributed by atoms with Gasteiger partial charge in [-0.25, -0.2) is 4.98 Å². The number of aromatic nitrogens is 1. The first-order chi connectivity index (χ1) is 9.17. The molecule has 0 saturated heterocycles. The Kier molecular flexibility index (Phi) is 4.52. The van der Waals surface area contributed by atoms with Gasteiger partial charge in [-0.15, -0.1) is 11.3 Å². The first-order valence-electron chi connectivity index (χ1n) is 6.02. The SMILES string of the molecule is COC(=O)Cc1ccc(CCc2csc(N)n2)cc1. The fraction of sp³-hybridized carbons (Fsp3) is 0.286. The Morgan fingerprint density at radius 2 is 1.95 bits per heavy atom. The maximum absolute atomic E-state index is 11.1. The molecule has 4 nitrogen and oxygen atoms in total. The second-order valence-electron chi connectivity index (χ2n) is 4.25. The number of nitrogens with zero attached hydrogens (tertiary/aromatic N) is 1. The first kappa shape index (κ1) is 13.5. The highest BCUT2D eigenvalue weighted by atomic mass is 32.1. The fourth-order valence-corrected chi connectivity index (χ4v) is 2.37. The van der Waals surface area contributed by atoms with E-state index in [0.29, 0.717) is 11.6 Å². The molecule has 2 N–H and O–H groups in total. The van der Waals surface area contributed by atoms with Gasteiger partial charge in [0.2, 0.25) is 0 Å². The zero-order valence-corrected chi connectivity index (χ0v) is 11.6. The number of thiazole rings is 1. The van der Waals surface area contributed by atoms with Crippen LogP contribution in [0.3, 0.4) is 0 Å². The molecule has 0 bridgehead atoms. The smallest absolute Gasteiger partial charge is 0.309 e. The monoisotopic (exact) mass is 276 g/mol. The van der Waals surface area contributed by atoms with Crippen LogP contribution in [0.2, 0.25) is 0 Å². The number of nitrogens with two attached hydrogens (primary N) is 1. The number of aryl methyl sites for hydroxylation is 2. The van der Waals surface area contributed by atoms with E-state index in [9.17, 15) is 4.79 Å². The summed E-state index contributed by atoms with van der Waals surface area (Å²) in [4.78, 5) is 15.4. The van der Waals surface area contributed by atoms with Gasteiger partial charge in [0.25, 0.3) is 0 Å². The summed E-state index contributed by atoms with van der Waals surface area (Å²) in [6.45, 7) is 0. The second kappa shape index (κ2) is 6.33. The van der Waals surface area contributed by atoms with Crippen LogP contribution in [0.25, 0.3) is 0 Å². The van der Waals surface area contributed by atoms with Gasteiger partial charge in [-0.1, -0.05) is 24.3 Å². The number of ether oxygens (including phenoxy) is 1. The number of methoxy groups -OCH3 is 1. The van der Waals surface area contributed by atoms with Crippen molar-refractivity contribution in [2.75, 3.05) is 12.8 Å². The maximum atomic E-state index is 11.1. The largest absolute Gasteiger partial charge is 0.469 e. The van der Waals surface area contributed by atoms with Gasteiger partial charge in [-0.05, 0) is 24.0 Å². The molecule has 19 heavy (non-hydrogen) atoms. The summed E-state index contributed by atoms with van der Waals surface area (Å²) in [5, 5.41) is 2.60. The van der Waals surface area contributed by atoms with Crippen LogP contribution in [-0.4, -0.2) is 18.1 Å². The van der Waals surface area contributed by atoms with Gasteiger partial charge in [0.1, 0.15) is 0 Å². The molecule has 0 radical (unpaired) electrons. The molecule has 0 atom stereocenters. The second-order valence-corrected chi connectivity index (χ2v) is 5.14. The highest BCUT2D eigenvalue weighted by Gasteiger charge is 2.03. The molecule has 2 aromatic rings. The lowest BCUT2D eigenvalue weighted by atomic mass is 10.1. The van der Waals surface area contributed by atoms with Crippen LogP contribution in [-0.2, 0) is 28.8 Å². The molecule has 2 rings (SSSR count). The van der Waals surface area contributed by atoms with Crippen molar-refractivity contribution < 1.29 is 9.53 Å². The highest BCUT2D eigenvalue weighted by Crippen LogP contribution is 2.14. The summed E-state index contributed by atoms with van der Waals surface area (Å²) in [6, 6.07) is 7.99. The molecule has 0 unspecified atom stereocenters. The number of esters is 1. The fourth-order valence-electron chi connectivity index (χ4n) is 1.77. The number of carbonyl (C=O) groups is 1. The zero-order chi connectivity index (χ0) is 13.7. The summed E-state index contributed by atoms with van der Waals surface area (Å²) < 4.78 is 4.63. The number of anilines is 1. The van der Waals surface area contributed by atoms with Crippen LogP contribution < -0.4 is 5.73 Å². The van der Waals surface area contributed by atoms with Crippen molar-refractivity contribution in [2.45, 2.75) is 19.3 Å². The van der Waals surface area contributed by atoms with E-state index >= 15 is 0 Å². The molecule has 0 aliphatic rings. The van der Waals surface area contributed by atoms with Crippen molar-refractivity contribution in [3.05, 3.63) is 46.5 Å². The van der Waals surface area contributed by atoms with Gasteiger partial charge < -0.3 is 10.5 Å². The van der Waals surface area contributed by atoms with E-state index in [1.54, 1.807) is 0 Å². The molecule has 1 heterocycles. The van der Waals surface area contributed by atoms with Crippen molar-refractivity contribution >= 4 is 22.4 Å². The Balaban J connectivity index is 1.89.